The highest BCUT2D eigenvalue weighted by Gasteiger charge is 2.26. The summed E-state index contributed by atoms with van der Waals surface area (Å²) in [5.41, 5.74) is -0.00567. The van der Waals surface area contributed by atoms with Gasteiger partial charge in [-0.15, -0.1) is 0 Å². The van der Waals surface area contributed by atoms with Crippen LogP contribution in [-0.2, 0) is 26.0 Å². The van der Waals surface area contributed by atoms with Crippen LogP contribution >= 0.6 is 0 Å². The van der Waals surface area contributed by atoms with E-state index in [9.17, 15) is 13.2 Å². The van der Waals surface area contributed by atoms with E-state index in [-0.39, 0.29) is 29.6 Å². The van der Waals surface area contributed by atoms with Crippen molar-refractivity contribution in [3.8, 4) is 0 Å². The standard InChI is InChI=1S/C17H22N2O6S/c1-3-24-11-7-10-19(26(21,22)14-8-5-4-6-9-14)12-16-18-15(13-25-16)17(20)23-2/h4-6,8-9,13H,3,7,10-12H2,1-2H3. The summed E-state index contributed by atoms with van der Waals surface area (Å²) in [6.07, 6.45) is 1.67. The quantitative estimate of drug-likeness (QED) is 0.458. The fraction of sp³-hybridized carbons (Fsp3) is 0.412. The van der Waals surface area contributed by atoms with Gasteiger partial charge in [-0.2, -0.15) is 4.31 Å². The lowest BCUT2D eigenvalue weighted by Crippen LogP contribution is -2.32. The van der Waals surface area contributed by atoms with Gasteiger partial charge in [0.1, 0.15) is 6.26 Å². The Morgan fingerprint density at radius 2 is 2.00 bits per heavy atom. The van der Waals surface area contributed by atoms with E-state index in [1.54, 1.807) is 18.2 Å². The summed E-state index contributed by atoms with van der Waals surface area (Å²) in [7, 11) is -2.51. The summed E-state index contributed by atoms with van der Waals surface area (Å²) >= 11 is 0. The topological polar surface area (TPSA) is 98.9 Å². The maximum atomic E-state index is 12.9. The zero-order valence-electron chi connectivity index (χ0n) is 14.8. The first-order valence-electron chi connectivity index (χ1n) is 8.14. The Labute approximate surface area is 152 Å². The number of sulfonamides is 1. The number of hydrogen-bond acceptors (Lipinski definition) is 7. The Bertz CT molecular complexity index is 804. The summed E-state index contributed by atoms with van der Waals surface area (Å²) < 4.78 is 42.2. The van der Waals surface area contributed by atoms with Gasteiger partial charge in [0.15, 0.2) is 5.69 Å². The van der Waals surface area contributed by atoms with Gasteiger partial charge in [0, 0.05) is 19.8 Å². The minimum atomic E-state index is -3.74. The Hall–Kier alpha value is -2.23. The van der Waals surface area contributed by atoms with Crippen LogP contribution in [0.2, 0.25) is 0 Å². The van der Waals surface area contributed by atoms with Crippen molar-refractivity contribution in [3.05, 3.63) is 48.2 Å². The zero-order valence-corrected chi connectivity index (χ0v) is 15.6. The molecule has 0 N–H and O–H groups in total. The molecule has 1 heterocycles. The van der Waals surface area contributed by atoms with Gasteiger partial charge in [0.2, 0.25) is 15.9 Å². The van der Waals surface area contributed by atoms with E-state index in [0.717, 1.165) is 6.26 Å². The van der Waals surface area contributed by atoms with Crippen LogP contribution in [0.1, 0.15) is 29.7 Å². The van der Waals surface area contributed by atoms with Crippen LogP contribution in [0.5, 0.6) is 0 Å². The number of esters is 1. The fourth-order valence-corrected chi connectivity index (χ4v) is 3.69. The molecule has 0 fully saturated rings. The molecule has 9 heteroatoms. The molecule has 0 aliphatic heterocycles. The molecule has 26 heavy (non-hydrogen) atoms. The lowest BCUT2D eigenvalue weighted by Gasteiger charge is -2.20. The number of ether oxygens (including phenoxy) is 2. The van der Waals surface area contributed by atoms with E-state index in [2.05, 4.69) is 9.72 Å². The molecule has 1 aromatic heterocycles. The molecule has 142 valence electrons. The smallest absolute Gasteiger partial charge is 0.360 e. The van der Waals surface area contributed by atoms with Gasteiger partial charge in [0.05, 0.1) is 18.6 Å². The first-order chi connectivity index (χ1) is 12.5. The first kappa shape index (κ1) is 20.1. The molecule has 0 bridgehead atoms. The number of rotatable bonds is 10. The molecule has 0 spiro atoms. The van der Waals surface area contributed by atoms with Gasteiger partial charge in [-0.1, -0.05) is 18.2 Å². The third-order valence-corrected chi connectivity index (χ3v) is 5.40. The number of methoxy groups -OCH3 is 1. The lowest BCUT2D eigenvalue weighted by molar-refractivity contribution is 0.0594. The minimum absolute atomic E-state index is 0.00567. The van der Waals surface area contributed by atoms with Crippen LogP contribution < -0.4 is 0 Å². The van der Waals surface area contributed by atoms with E-state index in [1.165, 1.54) is 23.5 Å². The molecule has 0 unspecified atom stereocenters. The summed E-state index contributed by atoms with van der Waals surface area (Å²) in [6, 6.07) is 8.12. The number of benzene rings is 1. The Balaban J connectivity index is 2.20. The predicted molar refractivity (Wildman–Crippen MR) is 93.0 cm³/mol. The maximum absolute atomic E-state index is 12.9. The molecule has 0 saturated carbocycles. The second-order valence-electron chi connectivity index (χ2n) is 5.32. The van der Waals surface area contributed by atoms with Crippen molar-refractivity contribution >= 4 is 16.0 Å². The summed E-state index contributed by atoms with van der Waals surface area (Å²) in [5.74, 6) is -0.532. The molecule has 0 amide bonds. The van der Waals surface area contributed by atoms with Crippen molar-refractivity contribution in [2.45, 2.75) is 24.8 Å². The van der Waals surface area contributed by atoms with Crippen LogP contribution in [0.3, 0.4) is 0 Å². The molecule has 1 aromatic carbocycles. The van der Waals surface area contributed by atoms with Crippen molar-refractivity contribution in [2.24, 2.45) is 0 Å². The Morgan fingerprint density at radius 3 is 2.65 bits per heavy atom. The number of carbonyl (C=O) groups excluding carboxylic acids is 1. The molecular formula is C17H22N2O6S. The normalized spacial score (nSPS) is 11.7. The number of nitrogens with zero attached hydrogens (tertiary/aromatic N) is 2. The molecule has 8 nitrogen and oxygen atoms in total. The van der Waals surface area contributed by atoms with E-state index < -0.39 is 16.0 Å². The van der Waals surface area contributed by atoms with Gasteiger partial charge >= 0.3 is 5.97 Å². The lowest BCUT2D eigenvalue weighted by atomic mass is 10.4. The molecule has 0 radical (unpaired) electrons. The van der Waals surface area contributed by atoms with Gasteiger partial charge in [-0.05, 0) is 25.5 Å². The van der Waals surface area contributed by atoms with Crippen molar-refractivity contribution in [2.75, 3.05) is 26.9 Å². The first-order valence-corrected chi connectivity index (χ1v) is 9.58. The highest BCUT2D eigenvalue weighted by Crippen LogP contribution is 2.18. The molecule has 0 aliphatic rings. The Morgan fingerprint density at radius 1 is 1.27 bits per heavy atom. The highest BCUT2D eigenvalue weighted by atomic mass is 32.2. The monoisotopic (exact) mass is 382 g/mol. The SMILES string of the molecule is CCOCCCN(Cc1nc(C(=O)OC)co1)S(=O)(=O)c1ccccc1. The van der Waals surface area contributed by atoms with E-state index in [0.29, 0.717) is 19.6 Å². The average molecular weight is 382 g/mol. The summed E-state index contributed by atoms with van der Waals surface area (Å²) in [5, 5.41) is 0. The average Bonchev–Trinajstić information content (AvgIpc) is 3.13. The minimum Gasteiger partial charge on any atom is -0.464 e. The number of hydrogen-bond donors (Lipinski definition) is 0. The van der Waals surface area contributed by atoms with Gasteiger partial charge in [-0.25, -0.2) is 18.2 Å². The van der Waals surface area contributed by atoms with Gasteiger partial charge in [-0.3, -0.25) is 0 Å². The highest BCUT2D eigenvalue weighted by molar-refractivity contribution is 7.89. The number of oxazole rings is 1. The van der Waals surface area contributed by atoms with Crippen LogP contribution in [0.15, 0.2) is 45.9 Å². The van der Waals surface area contributed by atoms with Crippen LogP contribution in [0.25, 0.3) is 0 Å². The van der Waals surface area contributed by atoms with Crippen LogP contribution in [-0.4, -0.2) is 50.5 Å². The summed E-state index contributed by atoms with van der Waals surface area (Å²) in [4.78, 5) is 15.7. The van der Waals surface area contributed by atoms with Crippen molar-refractivity contribution in [3.63, 3.8) is 0 Å². The van der Waals surface area contributed by atoms with E-state index in [4.69, 9.17) is 9.15 Å². The maximum Gasteiger partial charge on any atom is 0.360 e. The van der Waals surface area contributed by atoms with Gasteiger partial charge < -0.3 is 13.9 Å². The third kappa shape index (κ3) is 5.13. The number of aromatic nitrogens is 1. The second-order valence-corrected chi connectivity index (χ2v) is 7.26. The van der Waals surface area contributed by atoms with Crippen molar-refractivity contribution < 1.29 is 27.1 Å². The summed E-state index contributed by atoms with van der Waals surface area (Å²) in [6.45, 7) is 3.01. The van der Waals surface area contributed by atoms with Gasteiger partial charge in [0.25, 0.3) is 0 Å². The molecule has 0 saturated heterocycles. The molecule has 2 rings (SSSR count). The Kier molecular flexibility index (Phi) is 7.31. The molecule has 0 aliphatic carbocycles. The van der Waals surface area contributed by atoms with Crippen LogP contribution in [0, 0.1) is 0 Å². The van der Waals surface area contributed by atoms with Crippen molar-refractivity contribution in [1.29, 1.82) is 0 Å². The zero-order chi connectivity index (χ0) is 19.0. The third-order valence-electron chi connectivity index (χ3n) is 3.54. The largest absolute Gasteiger partial charge is 0.464 e. The van der Waals surface area contributed by atoms with E-state index in [1.807, 2.05) is 6.92 Å². The fourth-order valence-electron chi connectivity index (χ4n) is 2.25. The number of carbonyl (C=O) groups is 1. The molecule has 2 aromatic rings. The van der Waals surface area contributed by atoms with Crippen molar-refractivity contribution in [1.82, 2.24) is 9.29 Å². The molecule has 0 atom stereocenters. The molecular weight excluding hydrogens is 360 g/mol. The van der Waals surface area contributed by atoms with Crippen LogP contribution in [0.4, 0.5) is 0 Å². The second kappa shape index (κ2) is 9.46. The van der Waals surface area contributed by atoms with E-state index >= 15 is 0 Å². The predicted octanol–water partition coefficient (Wildman–Crippen LogP) is 2.08.